The second-order valence-corrected chi connectivity index (χ2v) is 12.8. The summed E-state index contributed by atoms with van der Waals surface area (Å²) in [5.41, 5.74) is 0. The van der Waals surface area contributed by atoms with Crippen LogP contribution in [0.2, 0.25) is 25.7 Å². The van der Waals surface area contributed by atoms with Crippen molar-refractivity contribution in [1.29, 1.82) is 0 Å². The lowest BCUT2D eigenvalue weighted by molar-refractivity contribution is -0.217. The smallest absolute Gasteiger partial charge is 0.190 e. The summed E-state index contributed by atoms with van der Waals surface area (Å²) in [5, 5.41) is 20.3. The van der Waals surface area contributed by atoms with Gasteiger partial charge in [-0.15, -0.1) is 0 Å². The number of aliphatic hydroxyl groups excluding tert-OH is 2. The topological polar surface area (TPSA) is 68.2 Å². The Morgan fingerprint density at radius 1 is 1.21 bits per heavy atom. The van der Waals surface area contributed by atoms with Gasteiger partial charge in [0.1, 0.15) is 12.2 Å². The lowest BCUT2D eigenvalue weighted by Crippen LogP contribution is -2.37. The highest BCUT2D eigenvalue weighted by molar-refractivity contribution is 6.76. The zero-order valence-electron chi connectivity index (χ0n) is 12.4. The average Bonchev–Trinajstić information content (AvgIpc) is 2.60. The lowest BCUT2D eigenvalue weighted by Gasteiger charge is -2.26. The van der Waals surface area contributed by atoms with E-state index in [0.717, 1.165) is 6.04 Å². The van der Waals surface area contributed by atoms with Crippen molar-refractivity contribution in [3.63, 3.8) is 0 Å². The van der Waals surface area contributed by atoms with Gasteiger partial charge in [-0.2, -0.15) is 0 Å². The summed E-state index contributed by atoms with van der Waals surface area (Å²) < 4.78 is 16.9. The second kappa shape index (κ2) is 5.09. The Labute approximate surface area is 115 Å². The predicted octanol–water partition coefficient (Wildman–Crippen LogP) is 1.31. The molecule has 0 aromatic rings. The third-order valence-corrected chi connectivity index (χ3v) is 5.16. The molecule has 5 nitrogen and oxygen atoms in total. The molecule has 0 aromatic heterocycles. The van der Waals surface area contributed by atoms with Crippen LogP contribution in [0.3, 0.4) is 0 Å². The van der Waals surface area contributed by atoms with Crippen LogP contribution >= 0.6 is 0 Å². The summed E-state index contributed by atoms with van der Waals surface area (Å²) in [6, 6.07) is 0.808. The molecule has 2 heterocycles. The first kappa shape index (κ1) is 15.4. The SMILES string of the molecule is CC1(C)OC2[C@H](OC(CC(O)C[Si](C)(C)C)[C@@H]2O)O1. The zero-order chi connectivity index (χ0) is 14.4. The van der Waals surface area contributed by atoms with Gasteiger partial charge in [0.05, 0.1) is 12.2 Å². The van der Waals surface area contributed by atoms with Crippen molar-refractivity contribution in [2.24, 2.45) is 0 Å². The van der Waals surface area contributed by atoms with E-state index in [-0.39, 0.29) is 0 Å². The van der Waals surface area contributed by atoms with Gasteiger partial charge in [-0.05, 0) is 19.9 Å². The first-order chi connectivity index (χ1) is 8.57. The van der Waals surface area contributed by atoms with E-state index in [0.29, 0.717) is 6.42 Å². The summed E-state index contributed by atoms with van der Waals surface area (Å²) in [6.45, 7) is 10.2. The van der Waals surface area contributed by atoms with Gasteiger partial charge in [0.2, 0.25) is 0 Å². The van der Waals surface area contributed by atoms with Crippen molar-refractivity contribution in [2.45, 2.75) is 82.4 Å². The molecule has 0 amide bonds. The van der Waals surface area contributed by atoms with Gasteiger partial charge in [0.15, 0.2) is 12.1 Å². The maximum Gasteiger partial charge on any atom is 0.190 e. The largest absolute Gasteiger partial charge is 0.393 e. The molecule has 0 saturated carbocycles. The molecule has 19 heavy (non-hydrogen) atoms. The summed E-state index contributed by atoms with van der Waals surface area (Å²) in [5.74, 6) is -0.710. The minimum absolute atomic E-state index is 0.405. The maximum atomic E-state index is 10.2. The first-order valence-electron chi connectivity index (χ1n) is 6.95. The van der Waals surface area contributed by atoms with E-state index in [1.807, 2.05) is 0 Å². The predicted molar refractivity (Wildman–Crippen MR) is 73.5 cm³/mol. The monoisotopic (exact) mass is 290 g/mol. The summed E-state index contributed by atoms with van der Waals surface area (Å²) in [6.07, 6.45) is -2.10. The van der Waals surface area contributed by atoms with Gasteiger partial charge in [0, 0.05) is 14.5 Å². The van der Waals surface area contributed by atoms with Crippen LogP contribution in [0.4, 0.5) is 0 Å². The normalized spacial score (nSPS) is 39.3. The van der Waals surface area contributed by atoms with Crippen LogP contribution in [-0.2, 0) is 14.2 Å². The number of ether oxygens (including phenoxy) is 3. The molecule has 5 atom stereocenters. The highest BCUT2D eigenvalue weighted by Crippen LogP contribution is 2.38. The number of aliphatic hydroxyl groups is 2. The van der Waals surface area contributed by atoms with Crippen LogP contribution in [-0.4, -0.2) is 54.8 Å². The van der Waals surface area contributed by atoms with Crippen LogP contribution in [0.25, 0.3) is 0 Å². The van der Waals surface area contributed by atoms with Crippen molar-refractivity contribution in [3.8, 4) is 0 Å². The highest BCUT2D eigenvalue weighted by Gasteiger charge is 2.54. The standard InChI is InChI=1S/C13H26O5Si/c1-13(2)17-11-10(15)9(16-12(11)18-13)6-8(14)7-19(3,4)5/h8-12,14-15H,6-7H2,1-5H3/t8?,9?,10-,11?,12+/m0/s1. The van der Waals surface area contributed by atoms with Crippen molar-refractivity contribution in [3.05, 3.63) is 0 Å². The molecule has 0 aliphatic carbocycles. The van der Waals surface area contributed by atoms with Gasteiger partial charge in [-0.1, -0.05) is 19.6 Å². The van der Waals surface area contributed by atoms with Crippen molar-refractivity contribution in [2.75, 3.05) is 0 Å². The molecular weight excluding hydrogens is 264 g/mol. The van der Waals surface area contributed by atoms with Gasteiger partial charge in [0.25, 0.3) is 0 Å². The zero-order valence-corrected chi connectivity index (χ0v) is 13.4. The van der Waals surface area contributed by atoms with Crippen LogP contribution in [0.5, 0.6) is 0 Å². The maximum absolute atomic E-state index is 10.2. The Kier molecular flexibility index (Phi) is 4.13. The molecule has 2 N–H and O–H groups in total. The molecule has 2 fully saturated rings. The van der Waals surface area contributed by atoms with E-state index in [9.17, 15) is 10.2 Å². The molecular formula is C13H26O5Si. The van der Waals surface area contributed by atoms with Crippen molar-refractivity contribution >= 4 is 8.07 Å². The highest BCUT2D eigenvalue weighted by atomic mass is 28.3. The summed E-state index contributed by atoms with van der Waals surface area (Å²) in [7, 11) is -1.32. The Balaban J connectivity index is 1.88. The fourth-order valence-electron chi connectivity index (χ4n) is 2.81. The van der Waals surface area contributed by atoms with Crippen LogP contribution < -0.4 is 0 Å². The Hall–Kier alpha value is 0.0169. The van der Waals surface area contributed by atoms with E-state index in [2.05, 4.69) is 19.6 Å². The molecule has 2 aliphatic rings. The average molecular weight is 290 g/mol. The molecule has 0 aromatic carbocycles. The fourth-order valence-corrected chi connectivity index (χ4v) is 4.39. The Bertz CT molecular complexity index is 327. The lowest BCUT2D eigenvalue weighted by atomic mass is 10.1. The number of hydrogen-bond acceptors (Lipinski definition) is 5. The van der Waals surface area contributed by atoms with E-state index in [1.54, 1.807) is 13.8 Å². The summed E-state index contributed by atoms with van der Waals surface area (Å²) in [4.78, 5) is 0. The molecule has 2 saturated heterocycles. The third kappa shape index (κ3) is 3.77. The molecule has 0 radical (unpaired) electrons. The minimum atomic E-state index is -1.32. The number of rotatable bonds is 4. The van der Waals surface area contributed by atoms with Crippen LogP contribution in [0.15, 0.2) is 0 Å². The summed E-state index contributed by atoms with van der Waals surface area (Å²) >= 11 is 0. The third-order valence-electron chi connectivity index (χ3n) is 3.47. The Morgan fingerprint density at radius 2 is 1.84 bits per heavy atom. The quantitative estimate of drug-likeness (QED) is 0.764. The van der Waals surface area contributed by atoms with Gasteiger partial charge >= 0.3 is 0 Å². The van der Waals surface area contributed by atoms with E-state index in [4.69, 9.17) is 14.2 Å². The van der Waals surface area contributed by atoms with E-state index in [1.165, 1.54) is 0 Å². The number of hydrogen-bond donors (Lipinski definition) is 2. The molecule has 3 unspecified atom stereocenters. The van der Waals surface area contributed by atoms with Gasteiger partial charge in [-0.3, -0.25) is 0 Å². The minimum Gasteiger partial charge on any atom is -0.393 e. The molecule has 0 bridgehead atoms. The Morgan fingerprint density at radius 3 is 2.37 bits per heavy atom. The van der Waals surface area contributed by atoms with Gasteiger partial charge < -0.3 is 24.4 Å². The van der Waals surface area contributed by atoms with Gasteiger partial charge in [-0.25, -0.2) is 0 Å². The molecule has 6 heteroatoms. The van der Waals surface area contributed by atoms with E-state index >= 15 is 0 Å². The van der Waals surface area contributed by atoms with Crippen LogP contribution in [0, 0.1) is 0 Å². The number of fused-ring (bicyclic) bond motifs is 1. The molecule has 0 spiro atoms. The van der Waals surface area contributed by atoms with Crippen molar-refractivity contribution < 1.29 is 24.4 Å². The molecule has 2 aliphatic heterocycles. The van der Waals surface area contributed by atoms with Crippen LogP contribution in [0.1, 0.15) is 20.3 Å². The molecule has 2 rings (SSSR count). The fraction of sp³-hybridized carbons (Fsp3) is 1.00. The second-order valence-electron chi connectivity index (χ2n) is 7.29. The van der Waals surface area contributed by atoms with E-state index < -0.39 is 44.6 Å². The molecule has 112 valence electrons. The first-order valence-corrected chi connectivity index (χ1v) is 10.7. The van der Waals surface area contributed by atoms with Crippen molar-refractivity contribution in [1.82, 2.24) is 0 Å².